The fraction of sp³-hybridized carbons (Fsp3) is 0.321. The number of amides is 2. The van der Waals surface area contributed by atoms with Crippen molar-refractivity contribution in [3.05, 3.63) is 89.0 Å². The van der Waals surface area contributed by atoms with E-state index in [2.05, 4.69) is 15.3 Å². The zero-order chi connectivity index (χ0) is 25.1. The number of rotatable bonds is 6. The lowest BCUT2D eigenvalue weighted by molar-refractivity contribution is -0.120. The van der Waals surface area contributed by atoms with Crippen molar-refractivity contribution in [2.24, 2.45) is 11.8 Å². The molecular weight excluding hydrogens is 476 g/mol. The van der Waals surface area contributed by atoms with Gasteiger partial charge in [0.1, 0.15) is 11.7 Å². The van der Waals surface area contributed by atoms with Crippen LogP contribution in [0.4, 0.5) is 5.69 Å². The number of carbonyl (C=O) groups is 3. The average molecular weight is 503 g/mol. The summed E-state index contributed by atoms with van der Waals surface area (Å²) in [4.78, 5) is 50.2. The minimum atomic E-state index is -0.702. The second kappa shape index (κ2) is 10.6. The largest absolute Gasteiger partial charge is 0.326 e. The number of aromatic nitrogens is 2. The van der Waals surface area contributed by atoms with Gasteiger partial charge < -0.3 is 10.2 Å². The number of nitrogens with zero attached hydrogens (tertiary/aromatic N) is 3. The number of hydrogen-bond donors (Lipinski definition) is 1. The Bertz CT molecular complexity index is 1260. The Balaban J connectivity index is 1.35. The van der Waals surface area contributed by atoms with E-state index in [9.17, 15) is 14.4 Å². The molecule has 2 aromatic heterocycles. The zero-order valence-corrected chi connectivity index (χ0v) is 20.5. The molecule has 5 rings (SSSR count). The monoisotopic (exact) mass is 502 g/mol. The SMILES string of the molecule is O=C(c1ccccn1)C1CCC(CN2C(=O)c3ccc(Cl)cc3NC(=O)C2Cc2ccccn2)CC1. The summed E-state index contributed by atoms with van der Waals surface area (Å²) in [6.45, 7) is 0.441. The third-order valence-corrected chi connectivity index (χ3v) is 7.36. The van der Waals surface area contributed by atoms with Gasteiger partial charge in [0, 0.05) is 42.0 Å². The molecular formula is C28H27ClN4O3. The first-order chi connectivity index (χ1) is 17.5. The molecule has 1 aliphatic carbocycles. The quantitative estimate of drug-likeness (QED) is 0.487. The molecule has 2 aliphatic rings. The molecule has 7 nitrogen and oxygen atoms in total. The molecule has 36 heavy (non-hydrogen) atoms. The van der Waals surface area contributed by atoms with Crippen LogP contribution in [0.5, 0.6) is 0 Å². The summed E-state index contributed by atoms with van der Waals surface area (Å²) in [5.74, 6) is -0.249. The predicted molar refractivity (Wildman–Crippen MR) is 137 cm³/mol. The summed E-state index contributed by atoms with van der Waals surface area (Å²) < 4.78 is 0. The van der Waals surface area contributed by atoms with Gasteiger partial charge in [-0.3, -0.25) is 24.4 Å². The van der Waals surface area contributed by atoms with Crippen LogP contribution in [0, 0.1) is 11.8 Å². The Morgan fingerprint density at radius 1 is 0.972 bits per heavy atom. The van der Waals surface area contributed by atoms with E-state index >= 15 is 0 Å². The van der Waals surface area contributed by atoms with Crippen LogP contribution < -0.4 is 5.32 Å². The first-order valence-corrected chi connectivity index (χ1v) is 12.6. The highest BCUT2D eigenvalue weighted by atomic mass is 35.5. The molecule has 8 heteroatoms. The number of nitrogens with one attached hydrogen (secondary N) is 1. The van der Waals surface area contributed by atoms with E-state index < -0.39 is 6.04 Å². The Morgan fingerprint density at radius 2 is 1.72 bits per heavy atom. The molecule has 2 amide bonds. The number of hydrogen-bond acceptors (Lipinski definition) is 5. The second-order valence-corrected chi connectivity index (χ2v) is 9.91. The van der Waals surface area contributed by atoms with Gasteiger partial charge in [0.15, 0.2) is 5.78 Å². The number of halogens is 1. The smallest absolute Gasteiger partial charge is 0.256 e. The summed E-state index contributed by atoms with van der Waals surface area (Å²) in [5.41, 5.74) is 2.10. The number of pyridine rings is 2. The Kier molecular flexibility index (Phi) is 7.09. The van der Waals surface area contributed by atoms with Crippen molar-refractivity contribution in [2.45, 2.75) is 38.1 Å². The molecule has 1 aliphatic heterocycles. The Hall–Kier alpha value is -3.58. The molecule has 0 saturated heterocycles. The maximum absolute atomic E-state index is 13.7. The van der Waals surface area contributed by atoms with E-state index in [4.69, 9.17) is 11.6 Å². The van der Waals surface area contributed by atoms with Gasteiger partial charge in [0.2, 0.25) is 5.91 Å². The number of benzene rings is 1. The molecule has 1 fully saturated rings. The molecule has 1 N–H and O–H groups in total. The second-order valence-electron chi connectivity index (χ2n) is 9.47. The molecule has 1 saturated carbocycles. The van der Waals surface area contributed by atoms with Gasteiger partial charge in [-0.25, -0.2) is 0 Å². The van der Waals surface area contributed by atoms with Crippen LogP contribution in [0.3, 0.4) is 0 Å². The van der Waals surface area contributed by atoms with Crippen LogP contribution in [0.1, 0.15) is 52.2 Å². The van der Waals surface area contributed by atoms with E-state index in [-0.39, 0.29) is 29.4 Å². The van der Waals surface area contributed by atoms with E-state index in [0.717, 1.165) is 31.4 Å². The van der Waals surface area contributed by atoms with Gasteiger partial charge in [-0.05, 0) is 74.1 Å². The molecule has 1 atom stereocenters. The minimum Gasteiger partial charge on any atom is -0.326 e. The third kappa shape index (κ3) is 5.16. The molecule has 184 valence electrons. The summed E-state index contributed by atoms with van der Waals surface area (Å²) >= 11 is 6.15. The first-order valence-electron chi connectivity index (χ1n) is 12.3. The molecule has 0 bridgehead atoms. The van der Waals surface area contributed by atoms with E-state index in [1.807, 2.05) is 24.3 Å². The summed E-state index contributed by atoms with van der Waals surface area (Å²) in [7, 11) is 0. The van der Waals surface area contributed by atoms with Crippen molar-refractivity contribution in [1.82, 2.24) is 14.9 Å². The lowest BCUT2D eigenvalue weighted by Gasteiger charge is -2.35. The molecule has 1 unspecified atom stereocenters. The maximum Gasteiger partial charge on any atom is 0.256 e. The average Bonchev–Trinajstić information content (AvgIpc) is 2.99. The lowest BCUT2D eigenvalue weighted by Crippen LogP contribution is -2.49. The predicted octanol–water partition coefficient (Wildman–Crippen LogP) is 4.82. The standard InChI is InChI=1S/C28H27ClN4O3/c29-20-11-12-22-24(15-20)32-27(35)25(16-21-5-1-3-13-30-21)33(28(22)36)17-18-7-9-19(10-8-18)26(34)23-6-2-4-14-31-23/h1-6,11-15,18-19,25H,7-10,16-17H2,(H,32,35). The van der Waals surface area contributed by atoms with Gasteiger partial charge >= 0.3 is 0 Å². The van der Waals surface area contributed by atoms with Crippen LogP contribution >= 0.6 is 11.6 Å². The fourth-order valence-corrected chi connectivity index (χ4v) is 5.37. The number of ketones is 1. The van der Waals surface area contributed by atoms with Crippen molar-refractivity contribution < 1.29 is 14.4 Å². The van der Waals surface area contributed by atoms with Crippen LogP contribution in [0.25, 0.3) is 0 Å². The molecule has 0 radical (unpaired) electrons. The Labute approximate surface area is 214 Å². The highest BCUT2D eigenvalue weighted by Crippen LogP contribution is 2.34. The summed E-state index contributed by atoms with van der Waals surface area (Å²) in [5, 5.41) is 3.36. The molecule has 1 aromatic carbocycles. The van der Waals surface area contributed by atoms with Crippen LogP contribution in [-0.2, 0) is 11.2 Å². The van der Waals surface area contributed by atoms with Gasteiger partial charge in [0.25, 0.3) is 5.91 Å². The van der Waals surface area contributed by atoms with Crippen molar-refractivity contribution in [2.75, 3.05) is 11.9 Å². The van der Waals surface area contributed by atoms with E-state index in [1.165, 1.54) is 0 Å². The van der Waals surface area contributed by atoms with Crippen molar-refractivity contribution in [3.63, 3.8) is 0 Å². The number of fused-ring (bicyclic) bond motifs is 1. The third-order valence-electron chi connectivity index (χ3n) is 7.13. The van der Waals surface area contributed by atoms with Gasteiger partial charge in [-0.1, -0.05) is 23.7 Å². The van der Waals surface area contributed by atoms with Gasteiger partial charge in [-0.2, -0.15) is 0 Å². The minimum absolute atomic E-state index is 0.0635. The van der Waals surface area contributed by atoms with Gasteiger partial charge in [-0.15, -0.1) is 0 Å². The van der Waals surface area contributed by atoms with E-state index in [0.29, 0.717) is 34.9 Å². The van der Waals surface area contributed by atoms with Crippen molar-refractivity contribution in [1.29, 1.82) is 0 Å². The molecule has 0 spiro atoms. The number of anilines is 1. The van der Waals surface area contributed by atoms with Crippen LogP contribution in [-0.4, -0.2) is 45.1 Å². The highest BCUT2D eigenvalue weighted by molar-refractivity contribution is 6.31. The first kappa shape index (κ1) is 24.1. The lowest BCUT2D eigenvalue weighted by atomic mass is 9.79. The summed E-state index contributed by atoms with van der Waals surface area (Å²) in [6.07, 6.45) is 6.73. The number of carbonyl (C=O) groups excluding carboxylic acids is 3. The van der Waals surface area contributed by atoms with Crippen LogP contribution in [0.15, 0.2) is 67.0 Å². The molecule has 3 heterocycles. The summed E-state index contributed by atoms with van der Waals surface area (Å²) in [6, 6.07) is 15.2. The molecule has 3 aromatic rings. The fourth-order valence-electron chi connectivity index (χ4n) is 5.19. The zero-order valence-electron chi connectivity index (χ0n) is 19.8. The normalized spacial score (nSPS) is 21.9. The number of Topliss-reactive ketones (excluding diaryl/α,β-unsaturated/α-hetero) is 1. The van der Waals surface area contributed by atoms with E-state index in [1.54, 1.807) is 47.6 Å². The van der Waals surface area contributed by atoms with Crippen molar-refractivity contribution in [3.8, 4) is 0 Å². The van der Waals surface area contributed by atoms with Crippen molar-refractivity contribution >= 4 is 34.9 Å². The van der Waals surface area contributed by atoms with Crippen LogP contribution in [0.2, 0.25) is 5.02 Å². The van der Waals surface area contributed by atoms with Gasteiger partial charge in [0.05, 0.1) is 11.3 Å². The topological polar surface area (TPSA) is 92.3 Å². The highest BCUT2D eigenvalue weighted by Gasteiger charge is 2.38. The maximum atomic E-state index is 13.7. The Morgan fingerprint density at radius 3 is 2.42 bits per heavy atom.